The van der Waals surface area contributed by atoms with Crippen molar-refractivity contribution in [2.24, 2.45) is 0 Å². The SMILES string of the molecule is CCCNC(c1cnccc1C)c1ncc(Br)cc1Br. The van der Waals surface area contributed by atoms with Crippen molar-refractivity contribution >= 4 is 31.9 Å². The Morgan fingerprint density at radius 3 is 2.75 bits per heavy atom. The fourth-order valence-electron chi connectivity index (χ4n) is 2.06. The molecule has 1 atom stereocenters. The van der Waals surface area contributed by atoms with Crippen LogP contribution < -0.4 is 5.32 Å². The lowest BCUT2D eigenvalue weighted by Crippen LogP contribution is -2.25. The van der Waals surface area contributed by atoms with Crippen LogP contribution in [0.4, 0.5) is 0 Å². The third kappa shape index (κ3) is 3.65. The Morgan fingerprint density at radius 2 is 2.10 bits per heavy atom. The van der Waals surface area contributed by atoms with Gasteiger partial charge in [-0.2, -0.15) is 0 Å². The summed E-state index contributed by atoms with van der Waals surface area (Å²) in [6.45, 7) is 5.19. The monoisotopic (exact) mass is 397 g/mol. The lowest BCUT2D eigenvalue weighted by Gasteiger charge is -2.21. The molecule has 2 aromatic rings. The number of pyridine rings is 2. The van der Waals surface area contributed by atoms with Gasteiger partial charge in [0.05, 0.1) is 11.7 Å². The molecule has 0 radical (unpaired) electrons. The maximum absolute atomic E-state index is 4.56. The molecular weight excluding hydrogens is 382 g/mol. The number of halogens is 2. The Kier molecular flexibility index (Phi) is 5.69. The highest BCUT2D eigenvalue weighted by molar-refractivity contribution is 9.11. The molecular formula is C15H17Br2N3. The first-order valence-electron chi connectivity index (χ1n) is 6.58. The van der Waals surface area contributed by atoms with E-state index in [1.165, 1.54) is 5.56 Å². The molecule has 2 rings (SSSR count). The third-order valence-electron chi connectivity index (χ3n) is 3.10. The van der Waals surface area contributed by atoms with E-state index in [9.17, 15) is 0 Å². The maximum Gasteiger partial charge on any atom is 0.0780 e. The molecule has 5 heteroatoms. The molecule has 0 aliphatic carbocycles. The molecule has 3 nitrogen and oxygen atoms in total. The van der Waals surface area contributed by atoms with Crippen molar-refractivity contribution in [3.63, 3.8) is 0 Å². The first-order valence-corrected chi connectivity index (χ1v) is 8.17. The van der Waals surface area contributed by atoms with Crippen molar-refractivity contribution in [1.82, 2.24) is 15.3 Å². The summed E-state index contributed by atoms with van der Waals surface area (Å²) in [5, 5.41) is 3.56. The van der Waals surface area contributed by atoms with Crippen LogP contribution in [0.25, 0.3) is 0 Å². The van der Waals surface area contributed by atoms with Crippen molar-refractivity contribution in [1.29, 1.82) is 0 Å². The molecule has 0 amide bonds. The number of nitrogens with one attached hydrogen (secondary N) is 1. The molecule has 2 heterocycles. The van der Waals surface area contributed by atoms with Crippen LogP contribution in [0.2, 0.25) is 0 Å². The van der Waals surface area contributed by atoms with E-state index in [2.05, 4.69) is 61.0 Å². The van der Waals surface area contributed by atoms with Crippen LogP contribution >= 0.6 is 31.9 Å². The van der Waals surface area contributed by atoms with Crippen LogP contribution in [0.5, 0.6) is 0 Å². The summed E-state index contributed by atoms with van der Waals surface area (Å²) in [5.74, 6) is 0. The highest BCUT2D eigenvalue weighted by atomic mass is 79.9. The van der Waals surface area contributed by atoms with Gasteiger partial charge in [-0.1, -0.05) is 6.92 Å². The fraction of sp³-hybridized carbons (Fsp3) is 0.333. The molecule has 0 fully saturated rings. The lowest BCUT2D eigenvalue weighted by atomic mass is 10.0. The van der Waals surface area contributed by atoms with Crippen LogP contribution in [-0.4, -0.2) is 16.5 Å². The van der Waals surface area contributed by atoms with Gasteiger partial charge in [-0.05, 0) is 75.0 Å². The molecule has 106 valence electrons. The van der Waals surface area contributed by atoms with Crippen LogP contribution in [-0.2, 0) is 0 Å². The maximum atomic E-state index is 4.56. The molecule has 20 heavy (non-hydrogen) atoms. The Labute approximate surface area is 136 Å². The Hall–Kier alpha value is -0.780. The Bertz CT molecular complexity index is 587. The predicted octanol–water partition coefficient (Wildman–Crippen LogP) is 4.40. The Morgan fingerprint density at radius 1 is 1.30 bits per heavy atom. The average Bonchev–Trinajstić information content (AvgIpc) is 2.42. The van der Waals surface area contributed by atoms with Gasteiger partial charge in [0.2, 0.25) is 0 Å². The van der Waals surface area contributed by atoms with Crippen LogP contribution in [0.1, 0.15) is 36.2 Å². The zero-order valence-corrected chi connectivity index (χ0v) is 14.7. The zero-order chi connectivity index (χ0) is 14.5. The van der Waals surface area contributed by atoms with E-state index in [-0.39, 0.29) is 6.04 Å². The normalized spacial score (nSPS) is 12.4. The van der Waals surface area contributed by atoms with Crippen molar-refractivity contribution in [3.8, 4) is 0 Å². The quantitative estimate of drug-likeness (QED) is 0.810. The predicted molar refractivity (Wildman–Crippen MR) is 88.7 cm³/mol. The Balaban J connectivity index is 2.44. The van der Waals surface area contributed by atoms with Crippen LogP contribution in [0, 0.1) is 6.92 Å². The third-order valence-corrected chi connectivity index (χ3v) is 4.17. The first-order chi connectivity index (χ1) is 9.63. The first kappa shape index (κ1) is 15.6. The standard InChI is InChI=1S/C15H17Br2N3/c1-3-5-19-14(12-9-18-6-4-10(12)2)15-13(17)7-11(16)8-20-15/h4,6-9,14,19H,3,5H2,1-2H3. The van der Waals surface area contributed by atoms with Gasteiger partial charge >= 0.3 is 0 Å². The molecule has 2 aromatic heterocycles. The average molecular weight is 399 g/mol. The summed E-state index contributed by atoms with van der Waals surface area (Å²) in [5.41, 5.74) is 3.36. The van der Waals surface area contributed by atoms with Crippen molar-refractivity contribution < 1.29 is 0 Å². The molecule has 0 spiro atoms. The van der Waals surface area contributed by atoms with Gasteiger partial charge in [0.1, 0.15) is 0 Å². The van der Waals surface area contributed by atoms with Gasteiger partial charge in [0, 0.05) is 27.5 Å². The van der Waals surface area contributed by atoms with Crippen LogP contribution in [0.3, 0.4) is 0 Å². The summed E-state index contributed by atoms with van der Waals surface area (Å²) in [6.07, 6.45) is 6.63. The van der Waals surface area contributed by atoms with Gasteiger partial charge in [0.15, 0.2) is 0 Å². The van der Waals surface area contributed by atoms with Crippen LogP contribution in [0.15, 0.2) is 39.7 Å². The number of rotatable bonds is 5. The van der Waals surface area contributed by atoms with E-state index in [1.807, 2.05) is 30.7 Å². The topological polar surface area (TPSA) is 37.8 Å². The van der Waals surface area contributed by atoms with E-state index in [0.29, 0.717) is 0 Å². The van der Waals surface area contributed by atoms with Crippen molar-refractivity contribution in [3.05, 3.63) is 56.5 Å². The summed E-state index contributed by atoms with van der Waals surface area (Å²) < 4.78 is 1.95. The number of hydrogen-bond donors (Lipinski definition) is 1. The van der Waals surface area contributed by atoms with Gasteiger partial charge in [-0.3, -0.25) is 9.97 Å². The lowest BCUT2D eigenvalue weighted by molar-refractivity contribution is 0.580. The number of hydrogen-bond acceptors (Lipinski definition) is 3. The van der Waals surface area contributed by atoms with Gasteiger partial charge in [-0.15, -0.1) is 0 Å². The molecule has 0 saturated carbocycles. The number of aromatic nitrogens is 2. The summed E-state index contributed by atoms with van der Waals surface area (Å²) in [4.78, 5) is 8.82. The minimum absolute atomic E-state index is 0.0473. The second kappa shape index (κ2) is 7.29. The van der Waals surface area contributed by atoms with E-state index < -0.39 is 0 Å². The highest BCUT2D eigenvalue weighted by Gasteiger charge is 2.19. The molecule has 0 bridgehead atoms. The number of aryl methyl sites for hydroxylation is 1. The largest absolute Gasteiger partial charge is 0.305 e. The molecule has 1 N–H and O–H groups in total. The fourth-order valence-corrected chi connectivity index (χ4v) is 3.27. The highest BCUT2D eigenvalue weighted by Crippen LogP contribution is 2.30. The molecule has 0 aliphatic rings. The minimum atomic E-state index is 0.0473. The second-order valence-corrected chi connectivity index (χ2v) is 6.41. The minimum Gasteiger partial charge on any atom is -0.305 e. The molecule has 0 aromatic carbocycles. The van der Waals surface area contributed by atoms with Crippen molar-refractivity contribution in [2.75, 3.05) is 6.54 Å². The summed E-state index contributed by atoms with van der Waals surface area (Å²) in [6, 6.07) is 4.10. The van der Waals surface area contributed by atoms with Gasteiger partial charge < -0.3 is 5.32 Å². The molecule has 1 unspecified atom stereocenters. The summed E-state index contributed by atoms with van der Waals surface area (Å²) in [7, 11) is 0. The summed E-state index contributed by atoms with van der Waals surface area (Å²) >= 11 is 7.05. The van der Waals surface area contributed by atoms with E-state index in [4.69, 9.17) is 0 Å². The van der Waals surface area contributed by atoms with Crippen molar-refractivity contribution in [2.45, 2.75) is 26.3 Å². The van der Waals surface area contributed by atoms with E-state index in [1.54, 1.807) is 0 Å². The second-order valence-electron chi connectivity index (χ2n) is 4.64. The van der Waals surface area contributed by atoms with Gasteiger partial charge in [0.25, 0.3) is 0 Å². The van der Waals surface area contributed by atoms with E-state index >= 15 is 0 Å². The zero-order valence-electron chi connectivity index (χ0n) is 11.5. The molecule has 0 aliphatic heterocycles. The molecule has 0 saturated heterocycles. The number of nitrogens with zero attached hydrogens (tertiary/aromatic N) is 2. The van der Waals surface area contributed by atoms with E-state index in [0.717, 1.165) is 33.2 Å². The van der Waals surface area contributed by atoms with Gasteiger partial charge in [-0.25, -0.2) is 0 Å². The smallest absolute Gasteiger partial charge is 0.0780 e.